The molecular formula is C22H25ClF2N8O2. The van der Waals surface area contributed by atoms with E-state index in [-0.39, 0.29) is 23.8 Å². The van der Waals surface area contributed by atoms with Crippen LogP contribution >= 0.6 is 11.6 Å². The molecule has 35 heavy (non-hydrogen) atoms. The zero-order valence-corrected chi connectivity index (χ0v) is 19.7. The van der Waals surface area contributed by atoms with Gasteiger partial charge in [0.1, 0.15) is 5.88 Å². The van der Waals surface area contributed by atoms with Crippen molar-refractivity contribution in [2.45, 2.75) is 25.3 Å². The van der Waals surface area contributed by atoms with Crippen molar-refractivity contribution >= 4 is 40.4 Å². The van der Waals surface area contributed by atoms with E-state index in [4.69, 9.17) is 21.3 Å². The fourth-order valence-electron chi connectivity index (χ4n) is 4.38. The van der Waals surface area contributed by atoms with E-state index in [1.54, 1.807) is 24.3 Å². The Kier molecular flexibility index (Phi) is 6.91. The molecule has 5 rings (SSSR count). The summed E-state index contributed by atoms with van der Waals surface area (Å²) in [5.74, 6) is 0.205. The molecule has 0 aliphatic carbocycles. The molecule has 0 spiro atoms. The maximum atomic E-state index is 14.0. The Morgan fingerprint density at radius 2 is 1.63 bits per heavy atom. The monoisotopic (exact) mass is 506 g/mol. The SMILES string of the molecule is O=C(CCl)NC1CCN(c2nc(N3CCOCC3)nc(-n3c(C(F)F)nc4ccccc43)n2)CC1. The zero-order valence-electron chi connectivity index (χ0n) is 18.9. The van der Waals surface area contributed by atoms with Gasteiger partial charge in [-0.1, -0.05) is 12.1 Å². The van der Waals surface area contributed by atoms with Crippen molar-refractivity contribution in [3.63, 3.8) is 0 Å². The van der Waals surface area contributed by atoms with Crippen LogP contribution in [0.1, 0.15) is 25.1 Å². The van der Waals surface area contributed by atoms with Crippen LogP contribution in [0.4, 0.5) is 20.7 Å². The standard InChI is InChI=1S/C22H25ClF2N8O2/c23-13-17(34)26-14-5-7-31(8-6-14)20-28-21(32-9-11-35-12-10-32)30-22(29-20)33-16-4-2-1-3-15(16)27-19(33)18(24)25/h1-4,14,18H,5-13H2,(H,26,34). The fraction of sp³-hybridized carbons (Fsp3) is 0.500. The van der Waals surface area contributed by atoms with Crippen LogP contribution in [0.25, 0.3) is 17.0 Å². The van der Waals surface area contributed by atoms with Crippen LogP contribution in [-0.4, -0.2) is 81.7 Å². The molecule has 13 heteroatoms. The second-order valence-electron chi connectivity index (χ2n) is 8.39. The fourth-order valence-corrected chi connectivity index (χ4v) is 4.46. The quantitative estimate of drug-likeness (QED) is 0.508. The number of rotatable bonds is 6. The molecule has 10 nitrogen and oxygen atoms in total. The van der Waals surface area contributed by atoms with E-state index in [0.717, 1.165) is 0 Å². The van der Waals surface area contributed by atoms with Crippen LogP contribution in [0, 0.1) is 0 Å². The highest BCUT2D eigenvalue weighted by Crippen LogP contribution is 2.28. The van der Waals surface area contributed by atoms with Crippen molar-refractivity contribution in [2.24, 2.45) is 0 Å². The van der Waals surface area contributed by atoms with E-state index >= 15 is 0 Å². The van der Waals surface area contributed by atoms with Gasteiger partial charge in [0, 0.05) is 32.2 Å². The molecule has 0 radical (unpaired) electrons. The number of fused-ring (bicyclic) bond motifs is 1. The molecule has 4 heterocycles. The van der Waals surface area contributed by atoms with Crippen LogP contribution in [0.3, 0.4) is 0 Å². The summed E-state index contributed by atoms with van der Waals surface area (Å²) in [6.45, 7) is 3.40. The van der Waals surface area contributed by atoms with Crippen molar-refractivity contribution in [2.75, 3.05) is 55.1 Å². The maximum absolute atomic E-state index is 14.0. The van der Waals surface area contributed by atoms with Gasteiger partial charge in [0.25, 0.3) is 6.43 Å². The highest BCUT2D eigenvalue weighted by Gasteiger charge is 2.27. The third kappa shape index (κ3) is 4.98. The van der Waals surface area contributed by atoms with Crippen molar-refractivity contribution in [3.8, 4) is 5.95 Å². The topological polar surface area (TPSA) is 101 Å². The molecule has 0 atom stereocenters. The molecule has 1 aromatic carbocycles. The van der Waals surface area contributed by atoms with E-state index in [0.29, 0.717) is 75.2 Å². The highest BCUT2D eigenvalue weighted by atomic mass is 35.5. The minimum absolute atomic E-state index is 0.0144. The van der Waals surface area contributed by atoms with Gasteiger partial charge in [-0.25, -0.2) is 13.8 Å². The Morgan fingerprint density at radius 3 is 2.29 bits per heavy atom. The van der Waals surface area contributed by atoms with E-state index < -0.39 is 12.2 Å². The average Bonchev–Trinajstić information content (AvgIpc) is 3.29. The predicted molar refractivity (Wildman–Crippen MR) is 127 cm³/mol. The zero-order chi connectivity index (χ0) is 24.4. The number of aromatic nitrogens is 5. The summed E-state index contributed by atoms with van der Waals surface area (Å²) in [5, 5.41) is 2.91. The van der Waals surface area contributed by atoms with Gasteiger partial charge in [-0.05, 0) is 25.0 Å². The minimum Gasteiger partial charge on any atom is -0.378 e. The number of para-hydroxylation sites is 2. The molecule has 1 amide bonds. The first-order valence-corrected chi connectivity index (χ1v) is 12.0. The summed E-state index contributed by atoms with van der Waals surface area (Å²) in [5.41, 5.74) is 0.934. The molecule has 0 unspecified atom stereocenters. The lowest BCUT2D eigenvalue weighted by atomic mass is 10.1. The molecule has 3 aromatic rings. The van der Waals surface area contributed by atoms with Crippen LogP contribution < -0.4 is 15.1 Å². The number of morpholine rings is 1. The lowest BCUT2D eigenvalue weighted by molar-refractivity contribution is -0.119. The van der Waals surface area contributed by atoms with Crippen LogP contribution in [0.15, 0.2) is 24.3 Å². The number of hydrogen-bond acceptors (Lipinski definition) is 8. The molecule has 0 saturated carbocycles. The van der Waals surface area contributed by atoms with Crippen molar-refractivity contribution in [1.82, 2.24) is 29.8 Å². The first-order chi connectivity index (χ1) is 17.0. The summed E-state index contributed by atoms with van der Waals surface area (Å²) < 4.78 is 34.8. The number of amides is 1. The third-order valence-corrected chi connectivity index (χ3v) is 6.38. The summed E-state index contributed by atoms with van der Waals surface area (Å²) in [7, 11) is 0. The Labute approximate surface area is 205 Å². The molecule has 0 bridgehead atoms. The first kappa shape index (κ1) is 23.6. The van der Waals surface area contributed by atoms with Crippen LogP contribution in [-0.2, 0) is 9.53 Å². The average molecular weight is 507 g/mol. The second kappa shape index (κ2) is 10.2. The molecule has 2 fully saturated rings. The molecule has 1 N–H and O–H groups in total. The molecule has 2 aliphatic rings. The normalized spacial score (nSPS) is 17.4. The number of carbonyl (C=O) groups excluding carboxylic acids is 1. The van der Waals surface area contributed by atoms with E-state index in [9.17, 15) is 13.6 Å². The number of anilines is 2. The van der Waals surface area contributed by atoms with Crippen molar-refractivity contribution in [3.05, 3.63) is 30.1 Å². The Bertz CT molecular complexity index is 1200. The van der Waals surface area contributed by atoms with Gasteiger partial charge in [-0.2, -0.15) is 15.0 Å². The summed E-state index contributed by atoms with van der Waals surface area (Å²) in [4.78, 5) is 33.6. The number of nitrogens with one attached hydrogen (secondary N) is 1. The summed E-state index contributed by atoms with van der Waals surface area (Å²) in [6, 6.07) is 6.93. The number of hydrogen-bond donors (Lipinski definition) is 1. The summed E-state index contributed by atoms with van der Waals surface area (Å²) in [6.07, 6.45) is -1.43. The summed E-state index contributed by atoms with van der Waals surface area (Å²) >= 11 is 5.61. The predicted octanol–water partition coefficient (Wildman–Crippen LogP) is 2.31. The van der Waals surface area contributed by atoms with Gasteiger partial charge < -0.3 is 19.9 Å². The van der Waals surface area contributed by atoms with Gasteiger partial charge >= 0.3 is 0 Å². The first-order valence-electron chi connectivity index (χ1n) is 11.5. The third-order valence-electron chi connectivity index (χ3n) is 6.14. The number of nitrogens with zero attached hydrogens (tertiary/aromatic N) is 7. The molecule has 2 saturated heterocycles. The number of imidazole rings is 1. The number of ether oxygens (including phenoxy) is 1. The van der Waals surface area contributed by atoms with Gasteiger partial charge in [0.2, 0.25) is 23.8 Å². The molecular weight excluding hydrogens is 482 g/mol. The van der Waals surface area contributed by atoms with E-state index in [1.165, 1.54) is 4.57 Å². The van der Waals surface area contributed by atoms with E-state index in [2.05, 4.69) is 20.3 Å². The van der Waals surface area contributed by atoms with Gasteiger partial charge in [-0.15, -0.1) is 11.6 Å². The number of piperidine rings is 1. The Morgan fingerprint density at radius 1 is 1.00 bits per heavy atom. The molecule has 186 valence electrons. The lowest BCUT2D eigenvalue weighted by Crippen LogP contribution is -2.45. The van der Waals surface area contributed by atoms with Gasteiger partial charge in [-0.3, -0.25) is 9.36 Å². The Balaban J connectivity index is 1.53. The van der Waals surface area contributed by atoms with E-state index in [1.807, 2.05) is 9.80 Å². The number of carbonyl (C=O) groups is 1. The Hall–Kier alpha value is -3.12. The largest absolute Gasteiger partial charge is 0.378 e. The molecule has 2 aliphatic heterocycles. The molecule has 2 aromatic heterocycles. The number of benzene rings is 1. The second-order valence-corrected chi connectivity index (χ2v) is 8.66. The van der Waals surface area contributed by atoms with Crippen molar-refractivity contribution in [1.29, 1.82) is 0 Å². The van der Waals surface area contributed by atoms with Crippen LogP contribution in [0.5, 0.6) is 0 Å². The number of alkyl halides is 3. The van der Waals surface area contributed by atoms with Crippen LogP contribution in [0.2, 0.25) is 0 Å². The highest BCUT2D eigenvalue weighted by molar-refractivity contribution is 6.27. The number of halogens is 3. The maximum Gasteiger partial charge on any atom is 0.296 e. The smallest absolute Gasteiger partial charge is 0.296 e. The van der Waals surface area contributed by atoms with Gasteiger partial charge in [0.05, 0.1) is 24.2 Å². The lowest BCUT2D eigenvalue weighted by Gasteiger charge is -2.33. The van der Waals surface area contributed by atoms with Crippen molar-refractivity contribution < 1.29 is 18.3 Å². The van der Waals surface area contributed by atoms with Gasteiger partial charge in [0.15, 0.2) is 5.82 Å². The minimum atomic E-state index is -2.81.